The van der Waals surface area contributed by atoms with Crippen LogP contribution in [0.2, 0.25) is 0 Å². The average molecular weight is 451 g/mol. The van der Waals surface area contributed by atoms with Crippen molar-refractivity contribution in [2.45, 2.75) is 4.90 Å². The maximum Gasteiger partial charge on any atom is 0.342 e. The molecule has 0 bridgehead atoms. The van der Waals surface area contributed by atoms with Gasteiger partial charge in [0.05, 0.1) is 26.5 Å². The highest BCUT2D eigenvalue weighted by molar-refractivity contribution is 7.93. The fourth-order valence-electron chi connectivity index (χ4n) is 2.52. The summed E-state index contributed by atoms with van der Waals surface area (Å²) in [5.74, 6) is -12.5. The summed E-state index contributed by atoms with van der Waals surface area (Å²) < 4.78 is 106. The number of nitrogens with zero attached hydrogens (tertiary/aromatic N) is 1. The summed E-state index contributed by atoms with van der Waals surface area (Å²) in [6.07, 6.45) is 1.01. The van der Waals surface area contributed by atoms with E-state index in [1.807, 2.05) is 0 Å². The number of sulfonamides is 1. The Labute approximate surface area is 168 Å². The van der Waals surface area contributed by atoms with E-state index in [0.717, 1.165) is 25.3 Å². The molecule has 0 amide bonds. The summed E-state index contributed by atoms with van der Waals surface area (Å²) in [5.41, 5.74) is -2.11. The molecule has 0 radical (unpaired) electrons. The van der Waals surface area contributed by atoms with E-state index in [1.165, 1.54) is 0 Å². The number of esters is 1. The summed E-state index contributed by atoms with van der Waals surface area (Å²) in [7, 11) is -3.46. The van der Waals surface area contributed by atoms with Crippen LogP contribution in [0.5, 0.6) is 5.75 Å². The maximum absolute atomic E-state index is 14.5. The lowest BCUT2D eigenvalue weighted by molar-refractivity contribution is 0.0587. The molecular formula is C18H14F5NO5S. The van der Waals surface area contributed by atoms with Gasteiger partial charge < -0.3 is 9.47 Å². The molecule has 0 aliphatic carbocycles. The zero-order chi connectivity index (χ0) is 22.8. The third-order valence-corrected chi connectivity index (χ3v) is 5.72. The van der Waals surface area contributed by atoms with Crippen LogP contribution in [0.1, 0.15) is 10.4 Å². The van der Waals surface area contributed by atoms with Crippen LogP contribution in [-0.2, 0) is 14.8 Å². The Hall–Kier alpha value is -3.15. The molecule has 6 nitrogen and oxygen atoms in total. The zero-order valence-electron chi connectivity index (χ0n) is 15.5. The minimum Gasteiger partial charge on any atom is -0.494 e. The van der Waals surface area contributed by atoms with Crippen LogP contribution in [0.3, 0.4) is 0 Å². The summed E-state index contributed by atoms with van der Waals surface area (Å²) in [5, 5.41) is 0. The quantitative estimate of drug-likeness (QED) is 0.212. The summed E-state index contributed by atoms with van der Waals surface area (Å²) >= 11 is 0. The first-order valence-electron chi connectivity index (χ1n) is 7.94. The molecule has 0 N–H and O–H groups in total. The van der Waals surface area contributed by atoms with E-state index in [-0.39, 0.29) is 5.75 Å². The van der Waals surface area contributed by atoms with Crippen LogP contribution in [0.4, 0.5) is 27.6 Å². The Morgan fingerprint density at radius 3 is 2.17 bits per heavy atom. The molecule has 2 rings (SSSR count). The predicted molar refractivity (Wildman–Crippen MR) is 95.3 cm³/mol. The number of benzene rings is 2. The van der Waals surface area contributed by atoms with E-state index < -0.39 is 67.8 Å². The van der Waals surface area contributed by atoms with Gasteiger partial charge in [0.25, 0.3) is 10.0 Å². The van der Waals surface area contributed by atoms with Crippen LogP contribution in [0.15, 0.2) is 35.7 Å². The smallest absolute Gasteiger partial charge is 0.342 e. The first kappa shape index (κ1) is 23.1. The van der Waals surface area contributed by atoms with Gasteiger partial charge in [-0.3, -0.25) is 4.31 Å². The lowest BCUT2D eigenvalue weighted by Crippen LogP contribution is -2.34. The Bertz CT molecular complexity index is 1120. The highest BCUT2D eigenvalue weighted by atomic mass is 32.2. The number of carbonyl (C=O) groups is 1. The van der Waals surface area contributed by atoms with E-state index in [0.29, 0.717) is 17.5 Å². The van der Waals surface area contributed by atoms with E-state index in [9.17, 15) is 35.2 Å². The topological polar surface area (TPSA) is 72.9 Å². The standard InChI is InChI=1S/C18H14F5NO5S/c1-4-7-24(9-5-6-11(28-2)10(19)8-9)30(26,27)17-12(18(25)29-3)13(20)14(21)15(22)16(17)23/h4-6,8H,1,7H2,2-3H3. The molecule has 0 saturated carbocycles. The molecule has 2 aromatic carbocycles. The molecule has 0 atom stereocenters. The molecule has 162 valence electrons. The normalized spacial score (nSPS) is 11.2. The van der Waals surface area contributed by atoms with Gasteiger partial charge in [0.15, 0.2) is 34.8 Å². The molecule has 2 aromatic rings. The van der Waals surface area contributed by atoms with Crippen LogP contribution in [0.25, 0.3) is 0 Å². The van der Waals surface area contributed by atoms with Gasteiger partial charge >= 0.3 is 5.97 Å². The summed E-state index contributed by atoms with van der Waals surface area (Å²) in [6.45, 7) is 2.69. The Kier molecular flexibility index (Phi) is 6.70. The van der Waals surface area contributed by atoms with Crippen molar-refractivity contribution in [3.63, 3.8) is 0 Å². The largest absolute Gasteiger partial charge is 0.494 e. The Morgan fingerprint density at radius 1 is 1.07 bits per heavy atom. The van der Waals surface area contributed by atoms with E-state index >= 15 is 0 Å². The minimum absolute atomic E-state index is 0.255. The minimum atomic E-state index is -5.30. The molecule has 0 fully saturated rings. The number of hydrogen-bond acceptors (Lipinski definition) is 5. The van der Waals surface area contributed by atoms with Gasteiger partial charge in [-0.1, -0.05) is 6.08 Å². The van der Waals surface area contributed by atoms with E-state index in [2.05, 4.69) is 11.3 Å². The fourth-order valence-corrected chi connectivity index (χ4v) is 4.18. The highest BCUT2D eigenvalue weighted by Gasteiger charge is 2.39. The molecule has 0 saturated heterocycles. The predicted octanol–water partition coefficient (Wildman–Crippen LogP) is 3.56. The molecule has 0 spiro atoms. The molecule has 0 aliphatic heterocycles. The number of methoxy groups -OCH3 is 2. The maximum atomic E-state index is 14.5. The second-order valence-electron chi connectivity index (χ2n) is 5.60. The molecule has 0 unspecified atom stereocenters. The third-order valence-electron chi connectivity index (χ3n) is 3.88. The molecule has 0 aliphatic rings. The van der Waals surface area contributed by atoms with Gasteiger partial charge in [0, 0.05) is 6.07 Å². The number of rotatable bonds is 7. The van der Waals surface area contributed by atoms with Gasteiger partial charge in [-0.25, -0.2) is 35.2 Å². The van der Waals surface area contributed by atoms with Crippen LogP contribution in [-0.4, -0.2) is 35.2 Å². The lowest BCUT2D eigenvalue weighted by atomic mass is 10.2. The number of halogens is 5. The average Bonchev–Trinajstić information content (AvgIpc) is 2.71. The van der Waals surface area contributed by atoms with Gasteiger partial charge in [-0.05, 0) is 12.1 Å². The number of ether oxygens (including phenoxy) is 2. The highest BCUT2D eigenvalue weighted by Crippen LogP contribution is 2.34. The van der Waals surface area contributed by atoms with Crippen molar-refractivity contribution in [3.05, 3.63) is 65.5 Å². The lowest BCUT2D eigenvalue weighted by Gasteiger charge is -2.25. The SMILES string of the molecule is C=CCN(c1ccc(OC)c(F)c1)S(=O)(=O)c1c(F)c(F)c(F)c(F)c1C(=O)OC. The van der Waals surface area contributed by atoms with Crippen LogP contribution in [0, 0.1) is 29.1 Å². The monoisotopic (exact) mass is 451 g/mol. The van der Waals surface area contributed by atoms with Gasteiger partial charge in [0.2, 0.25) is 0 Å². The van der Waals surface area contributed by atoms with Gasteiger partial charge in [-0.15, -0.1) is 6.58 Å². The van der Waals surface area contributed by atoms with E-state index in [4.69, 9.17) is 4.74 Å². The Balaban J connectivity index is 2.87. The zero-order valence-corrected chi connectivity index (χ0v) is 16.3. The van der Waals surface area contributed by atoms with Gasteiger partial charge in [-0.2, -0.15) is 0 Å². The molecule has 0 aromatic heterocycles. The molecule has 30 heavy (non-hydrogen) atoms. The third kappa shape index (κ3) is 3.82. The number of hydrogen-bond donors (Lipinski definition) is 0. The van der Waals surface area contributed by atoms with Crippen molar-refractivity contribution in [2.75, 3.05) is 25.1 Å². The van der Waals surface area contributed by atoms with Crippen molar-refractivity contribution in [3.8, 4) is 5.75 Å². The first-order chi connectivity index (χ1) is 14.0. The van der Waals surface area contributed by atoms with Crippen molar-refractivity contribution >= 4 is 21.7 Å². The van der Waals surface area contributed by atoms with Crippen LogP contribution < -0.4 is 9.04 Å². The van der Waals surface area contributed by atoms with E-state index in [1.54, 1.807) is 0 Å². The summed E-state index contributed by atoms with van der Waals surface area (Å²) in [6, 6.07) is 2.78. The van der Waals surface area contributed by atoms with Crippen molar-refractivity contribution < 1.29 is 44.6 Å². The van der Waals surface area contributed by atoms with Crippen molar-refractivity contribution in [1.29, 1.82) is 0 Å². The first-order valence-corrected chi connectivity index (χ1v) is 9.38. The number of carbonyl (C=O) groups excluding carboxylic acids is 1. The van der Waals surface area contributed by atoms with Gasteiger partial charge in [0.1, 0.15) is 10.5 Å². The second-order valence-corrected chi connectivity index (χ2v) is 7.39. The van der Waals surface area contributed by atoms with Crippen LogP contribution >= 0.6 is 0 Å². The fraction of sp³-hybridized carbons (Fsp3) is 0.167. The molecule has 12 heteroatoms. The van der Waals surface area contributed by atoms with Crippen molar-refractivity contribution in [2.24, 2.45) is 0 Å². The molecule has 0 heterocycles. The van der Waals surface area contributed by atoms with Crippen molar-refractivity contribution in [1.82, 2.24) is 0 Å². The Morgan fingerprint density at radius 2 is 1.67 bits per heavy atom. The number of anilines is 1. The summed E-state index contributed by atoms with van der Waals surface area (Å²) in [4.78, 5) is 10.1. The molecular weight excluding hydrogens is 437 g/mol. The second kappa shape index (κ2) is 8.69.